The fourth-order valence-corrected chi connectivity index (χ4v) is 4.64. The maximum absolute atomic E-state index is 12.1. The van der Waals surface area contributed by atoms with Crippen molar-refractivity contribution in [2.75, 3.05) is 0 Å². The molecule has 1 aliphatic carbocycles. The van der Waals surface area contributed by atoms with Gasteiger partial charge in [-0.3, -0.25) is 9.59 Å². The quantitative estimate of drug-likeness (QED) is 0.796. The lowest BCUT2D eigenvalue weighted by Gasteiger charge is -2.49. The van der Waals surface area contributed by atoms with E-state index in [-0.39, 0.29) is 17.1 Å². The molecule has 1 aliphatic rings. The average molecular weight is 332 g/mol. The van der Waals surface area contributed by atoms with Crippen LogP contribution in [-0.4, -0.2) is 22.5 Å². The van der Waals surface area contributed by atoms with Gasteiger partial charge in [-0.1, -0.05) is 41.0 Å². The summed E-state index contributed by atoms with van der Waals surface area (Å²) in [5.41, 5.74) is 0.802. The second-order valence-corrected chi connectivity index (χ2v) is 8.30. The monoisotopic (exact) mass is 332 g/mol. The Bertz CT molecular complexity index is 660. The Balaban J connectivity index is 2.69. The normalized spacial score (nSPS) is 26.3. The number of aromatic hydroxyl groups is 1. The van der Waals surface area contributed by atoms with Crippen LogP contribution >= 0.6 is 0 Å². The summed E-state index contributed by atoms with van der Waals surface area (Å²) in [6, 6.07) is 3.34. The molecule has 1 fully saturated rings. The SMILES string of the molecule is CC(C)c1cc(C=O)c([C@@]2(C)CCCC(C)(C)[C@@H]2C(=O)O)cc1O. The van der Waals surface area contributed by atoms with Crippen LogP contribution in [0.3, 0.4) is 0 Å². The Morgan fingerprint density at radius 2 is 1.88 bits per heavy atom. The summed E-state index contributed by atoms with van der Waals surface area (Å²) in [4.78, 5) is 23.8. The van der Waals surface area contributed by atoms with Crippen LogP contribution in [0.5, 0.6) is 5.75 Å². The molecule has 2 rings (SSSR count). The molecule has 0 aliphatic heterocycles. The minimum atomic E-state index is -0.841. The Labute approximate surface area is 143 Å². The average Bonchev–Trinajstić information content (AvgIpc) is 2.44. The number of aldehydes is 1. The van der Waals surface area contributed by atoms with Crippen LogP contribution in [0.25, 0.3) is 0 Å². The van der Waals surface area contributed by atoms with E-state index < -0.39 is 17.3 Å². The molecule has 0 aromatic heterocycles. The summed E-state index contributed by atoms with van der Waals surface area (Å²) in [6.07, 6.45) is 3.21. The molecule has 0 saturated heterocycles. The number of carbonyl (C=O) groups is 2. The van der Waals surface area contributed by atoms with E-state index in [0.29, 0.717) is 23.1 Å². The lowest BCUT2D eigenvalue weighted by Crippen LogP contribution is -2.49. The molecular formula is C20H28O4. The van der Waals surface area contributed by atoms with E-state index in [1.165, 1.54) is 0 Å². The number of aliphatic carboxylic acids is 1. The number of carbonyl (C=O) groups excluding carboxylic acids is 1. The van der Waals surface area contributed by atoms with Crippen molar-refractivity contribution in [3.63, 3.8) is 0 Å². The zero-order valence-electron chi connectivity index (χ0n) is 15.2. The first kappa shape index (κ1) is 18.5. The van der Waals surface area contributed by atoms with Crippen molar-refractivity contribution in [1.82, 2.24) is 0 Å². The molecule has 132 valence electrons. The van der Waals surface area contributed by atoms with E-state index in [1.54, 1.807) is 12.1 Å². The number of benzene rings is 1. The third-order valence-electron chi connectivity index (χ3n) is 5.75. The summed E-state index contributed by atoms with van der Waals surface area (Å²) < 4.78 is 0. The Morgan fingerprint density at radius 1 is 1.25 bits per heavy atom. The number of carboxylic acids is 1. The second-order valence-electron chi connectivity index (χ2n) is 8.30. The first-order valence-corrected chi connectivity index (χ1v) is 8.60. The van der Waals surface area contributed by atoms with E-state index in [0.717, 1.165) is 19.1 Å². The number of hydrogen-bond donors (Lipinski definition) is 2. The molecule has 0 radical (unpaired) electrons. The molecule has 0 amide bonds. The molecule has 0 heterocycles. The molecule has 4 nitrogen and oxygen atoms in total. The van der Waals surface area contributed by atoms with Crippen LogP contribution in [-0.2, 0) is 10.2 Å². The van der Waals surface area contributed by atoms with E-state index in [4.69, 9.17) is 0 Å². The number of rotatable bonds is 4. The highest BCUT2D eigenvalue weighted by molar-refractivity contribution is 5.81. The number of phenols is 1. The topological polar surface area (TPSA) is 74.6 Å². The third kappa shape index (κ3) is 2.94. The smallest absolute Gasteiger partial charge is 0.307 e. The maximum atomic E-state index is 12.1. The molecular weight excluding hydrogens is 304 g/mol. The van der Waals surface area contributed by atoms with Crippen LogP contribution in [0.2, 0.25) is 0 Å². The number of phenolic OH excluding ortho intramolecular Hbond substituents is 1. The highest BCUT2D eigenvalue weighted by atomic mass is 16.4. The summed E-state index contributed by atoms with van der Waals surface area (Å²) in [5, 5.41) is 20.3. The van der Waals surface area contributed by atoms with Gasteiger partial charge in [-0.25, -0.2) is 0 Å². The summed E-state index contributed by atoms with van der Waals surface area (Å²) in [7, 11) is 0. The number of carboxylic acid groups (broad SMARTS) is 1. The van der Waals surface area contributed by atoms with E-state index >= 15 is 0 Å². The van der Waals surface area contributed by atoms with Crippen molar-refractivity contribution in [2.45, 2.75) is 65.2 Å². The predicted molar refractivity (Wildman–Crippen MR) is 93.7 cm³/mol. The van der Waals surface area contributed by atoms with E-state index in [1.807, 2.05) is 34.6 Å². The van der Waals surface area contributed by atoms with Gasteiger partial charge in [-0.15, -0.1) is 0 Å². The van der Waals surface area contributed by atoms with Crippen LogP contribution in [0, 0.1) is 11.3 Å². The minimum Gasteiger partial charge on any atom is -0.508 e. The van der Waals surface area contributed by atoms with Gasteiger partial charge in [0.2, 0.25) is 0 Å². The second kappa shape index (κ2) is 6.23. The van der Waals surface area contributed by atoms with E-state index in [2.05, 4.69) is 0 Å². The van der Waals surface area contributed by atoms with Crippen molar-refractivity contribution in [3.8, 4) is 5.75 Å². The fraction of sp³-hybridized carbons (Fsp3) is 0.600. The van der Waals surface area contributed by atoms with Gasteiger partial charge >= 0.3 is 5.97 Å². The maximum Gasteiger partial charge on any atom is 0.307 e. The van der Waals surface area contributed by atoms with E-state index in [9.17, 15) is 19.8 Å². The standard InChI is InChI=1S/C20H28O4/c1-12(2)14-9-13(11-21)15(10-16(14)22)20(5)8-6-7-19(3,4)17(20)18(23)24/h9-12,17,22H,6-8H2,1-5H3,(H,23,24)/t17-,20+/m0/s1. The van der Waals surface area contributed by atoms with Gasteiger partial charge in [0, 0.05) is 11.0 Å². The van der Waals surface area contributed by atoms with Gasteiger partial charge in [0.15, 0.2) is 0 Å². The zero-order chi connectivity index (χ0) is 18.3. The fourth-order valence-electron chi connectivity index (χ4n) is 4.64. The number of hydrogen-bond acceptors (Lipinski definition) is 3. The van der Waals surface area contributed by atoms with Crippen LogP contribution in [0.15, 0.2) is 12.1 Å². The summed E-state index contributed by atoms with van der Waals surface area (Å²) in [6.45, 7) is 9.78. The van der Waals surface area contributed by atoms with Crippen molar-refractivity contribution < 1.29 is 19.8 Å². The van der Waals surface area contributed by atoms with Crippen molar-refractivity contribution >= 4 is 12.3 Å². The zero-order valence-corrected chi connectivity index (χ0v) is 15.2. The first-order valence-electron chi connectivity index (χ1n) is 8.60. The molecule has 4 heteroatoms. The lowest BCUT2D eigenvalue weighted by atomic mass is 9.53. The highest BCUT2D eigenvalue weighted by Crippen LogP contribution is 2.53. The molecule has 0 bridgehead atoms. The first-order chi connectivity index (χ1) is 11.0. The van der Waals surface area contributed by atoms with Gasteiger partial charge in [-0.2, -0.15) is 0 Å². The summed E-state index contributed by atoms with van der Waals surface area (Å²) >= 11 is 0. The molecule has 24 heavy (non-hydrogen) atoms. The van der Waals surface area contributed by atoms with Crippen LogP contribution < -0.4 is 0 Å². The highest BCUT2D eigenvalue weighted by Gasteiger charge is 2.52. The van der Waals surface area contributed by atoms with Gasteiger partial charge in [-0.05, 0) is 47.4 Å². The Hall–Kier alpha value is -1.84. The molecule has 0 unspecified atom stereocenters. The molecule has 2 N–H and O–H groups in total. The molecule has 1 aromatic rings. The van der Waals surface area contributed by atoms with Gasteiger partial charge < -0.3 is 10.2 Å². The lowest BCUT2D eigenvalue weighted by molar-refractivity contribution is -0.152. The van der Waals surface area contributed by atoms with Gasteiger partial charge in [0.05, 0.1) is 5.92 Å². The third-order valence-corrected chi connectivity index (χ3v) is 5.75. The van der Waals surface area contributed by atoms with Crippen LogP contribution in [0.4, 0.5) is 0 Å². The molecule has 0 spiro atoms. The Kier molecular flexibility index (Phi) is 4.80. The van der Waals surface area contributed by atoms with Gasteiger partial charge in [0.25, 0.3) is 0 Å². The van der Waals surface area contributed by atoms with Crippen molar-refractivity contribution in [3.05, 3.63) is 28.8 Å². The van der Waals surface area contributed by atoms with Crippen molar-refractivity contribution in [2.24, 2.45) is 11.3 Å². The predicted octanol–water partition coefficient (Wildman–Crippen LogP) is 4.50. The van der Waals surface area contributed by atoms with Crippen molar-refractivity contribution in [1.29, 1.82) is 0 Å². The van der Waals surface area contributed by atoms with Crippen LogP contribution in [0.1, 0.15) is 81.3 Å². The van der Waals surface area contributed by atoms with Gasteiger partial charge in [0.1, 0.15) is 12.0 Å². The summed E-state index contributed by atoms with van der Waals surface area (Å²) in [5.74, 6) is -1.23. The molecule has 2 atom stereocenters. The minimum absolute atomic E-state index is 0.0867. The molecule has 1 aromatic carbocycles. The largest absolute Gasteiger partial charge is 0.508 e. The molecule has 1 saturated carbocycles. The Morgan fingerprint density at radius 3 is 2.38 bits per heavy atom.